The zero-order chi connectivity index (χ0) is 15.2. The summed E-state index contributed by atoms with van der Waals surface area (Å²) in [5.41, 5.74) is 3.94. The SMILES string of the molecule is Cc1ccc(COc2cc(F)cc(C#CCO)c2)cc1C. The van der Waals surface area contributed by atoms with Crippen molar-refractivity contribution in [3.05, 3.63) is 64.5 Å². The van der Waals surface area contributed by atoms with Gasteiger partial charge in [0.05, 0.1) is 0 Å². The van der Waals surface area contributed by atoms with E-state index >= 15 is 0 Å². The summed E-state index contributed by atoms with van der Waals surface area (Å²) in [5, 5.41) is 8.67. The first kappa shape index (κ1) is 15.1. The number of aliphatic hydroxyl groups excluding tert-OH is 1. The number of halogens is 1. The summed E-state index contributed by atoms with van der Waals surface area (Å²) in [4.78, 5) is 0. The van der Waals surface area contributed by atoms with Crippen molar-refractivity contribution in [3.8, 4) is 17.6 Å². The highest BCUT2D eigenvalue weighted by atomic mass is 19.1. The van der Waals surface area contributed by atoms with Crippen LogP contribution in [0.15, 0.2) is 36.4 Å². The molecule has 0 heterocycles. The first-order chi connectivity index (χ1) is 10.1. The molecule has 0 amide bonds. The number of aryl methyl sites for hydroxylation is 2. The summed E-state index contributed by atoms with van der Waals surface area (Å²) in [6.45, 7) is 4.22. The summed E-state index contributed by atoms with van der Waals surface area (Å²) in [7, 11) is 0. The smallest absolute Gasteiger partial charge is 0.128 e. The second kappa shape index (κ2) is 6.92. The second-order valence-electron chi connectivity index (χ2n) is 4.84. The summed E-state index contributed by atoms with van der Waals surface area (Å²) >= 11 is 0. The quantitative estimate of drug-likeness (QED) is 0.876. The standard InChI is InChI=1S/C18H17FO2/c1-13-5-6-16(8-14(13)2)12-21-18-10-15(4-3-7-20)9-17(19)11-18/h5-6,8-11,20H,7,12H2,1-2H3. The average Bonchev–Trinajstić information content (AvgIpc) is 2.46. The Balaban J connectivity index is 2.12. The maximum Gasteiger partial charge on any atom is 0.128 e. The molecule has 3 heteroatoms. The van der Waals surface area contributed by atoms with E-state index in [1.807, 2.05) is 19.1 Å². The number of benzene rings is 2. The largest absolute Gasteiger partial charge is 0.489 e. The van der Waals surface area contributed by atoms with Crippen molar-refractivity contribution in [1.29, 1.82) is 0 Å². The van der Waals surface area contributed by atoms with Crippen LogP contribution in [0.25, 0.3) is 0 Å². The molecular formula is C18H17FO2. The van der Waals surface area contributed by atoms with Gasteiger partial charge in [-0.2, -0.15) is 0 Å². The normalized spacial score (nSPS) is 9.90. The highest BCUT2D eigenvalue weighted by Gasteiger charge is 2.02. The molecule has 0 aliphatic heterocycles. The number of rotatable bonds is 3. The van der Waals surface area contributed by atoms with Gasteiger partial charge in [0, 0.05) is 11.6 Å². The number of ether oxygens (including phenoxy) is 1. The second-order valence-corrected chi connectivity index (χ2v) is 4.84. The van der Waals surface area contributed by atoms with Crippen LogP contribution in [-0.4, -0.2) is 11.7 Å². The third-order valence-electron chi connectivity index (χ3n) is 3.16. The van der Waals surface area contributed by atoms with E-state index in [1.54, 1.807) is 6.07 Å². The van der Waals surface area contributed by atoms with E-state index in [0.717, 1.165) is 5.56 Å². The van der Waals surface area contributed by atoms with Crippen molar-refractivity contribution < 1.29 is 14.2 Å². The van der Waals surface area contributed by atoms with E-state index in [-0.39, 0.29) is 6.61 Å². The molecule has 0 aliphatic carbocycles. The van der Waals surface area contributed by atoms with Gasteiger partial charge in [-0.25, -0.2) is 4.39 Å². The fraction of sp³-hybridized carbons (Fsp3) is 0.222. The van der Waals surface area contributed by atoms with E-state index in [2.05, 4.69) is 24.8 Å². The molecule has 0 aliphatic rings. The van der Waals surface area contributed by atoms with Crippen LogP contribution >= 0.6 is 0 Å². The Morgan fingerprint density at radius 3 is 2.62 bits per heavy atom. The molecular weight excluding hydrogens is 267 g/mol. The molecule has 2 rings (SSSR count). The predicted octanol–water partition coefficient (Wildman–Crippen LogP) is 3.37. The summed E-state index contributed by atoms with van der Waals surface area (Å²) < 4.78 is 19.1. The lowest BCUT2D eigenvalue weighted by atomic mass is 10.1. The van der Waals surface area contributed by atoms with E-state index < -0.39 is 5.82 Å². The minimum atomic E-state index is -0.408. The fourth-order valence-electron chi connectivity index (χ4n) is 1.92. The molecule has 21 heavy (non-hydrogen) atoms. The zero-order valence-electron chi connectivity index (χ0n) is 12.1. The van der Waals surface area contributed by atoms with Gasteiger partial charge >= 0.3 is 0 Å². The van der Waals surface area contributed by atoms with Gasteiger partial charge in [0.1, 0.15) is 24.8 Å². The molecule has 2 nitrogen and oxygen atoms in total. The first-order valence-electron chi connectivity index (χ1n) is 6.68. The van der Waals surface area contributed by atoms with Crippen LogP contribution in [0.2, 0.25) is 0 Å². The third kappa shape index (κ3) is 4.34. The molecule has 0 spiro atoms. The predicted molar refractivity (Wildman–Crippen MR) is 80.6 cm³/mol. The van der Waals surface area contributed by atoms with Crippen molar-refractivity contribution in [2.45, 2.75) is 20.5 Å². The van der Waals surface area contributed by atoms with Crippen LogP contribution in [0.4, 0.5) is 4.39 Å². The Morgan fingerprint density at radius 1 is 1.10 bits per heavy atom. The van der Waals surface area contributed by atoms with Crippen molar-refractivity contribution in [3.63, 3.8) is 0 Å². The van der Waals surface area contributed by atoms with Crippen LogP contribution in [-0.2, 0) is 6.61 Å². The molecule has 0 saturated carbocycles. The minimum Gasteiger partial charge on any atom is -0.489 e. The van der Waals surface area contributed by atoms with Gasteiger partial charge in [-0.1, -0.05) is 30.0 Å². The monoisotopic (exact) mass is 284 g/mol. The van der Waals surface area contributed by atoms with E-state index in [1.165, 1.54) is 23.3 Å². The summed E-state index contributed by atoms with van der Waals surface area (Å²) in [6, 6.07) is 10.4. The van der Waals surface area contributed by atoms with Gasteiger partial charge in [0.2, 0.25) is 0 Å². The molecule has 0 atom stereocenters. The van der Waals surface area contributed by atoms with Crippen molar-refractivity contribution >= 4 is 0 Å². The third-order valence-corrected chi connectivity index (χ3v) is 3.16. The Morgan fingerprint density at radius 2 is 1.90 bits per heavy atom. The van der Waals surface area contributed by atoms with Crippen LogP contribution in [0, 0.1) is 31.5 Å². The van der Waals surface area contributed by atoms with Crippen LogP contribution in [0.5, 0.6) is 5.75 Å². The van der Waals surface area contributed by atoms with E-state index in [0.29, 0.717) is 17.9 Å². The lowest BCUT2D eigenvalue weighted by Crippen LogP contribution is -1.97. The lowest BCUT2D eigenvalue weighted by molar-refractivity contribution is 0.304. The van der Waals surface area contributed by atoms with Gasteiger partial charge in [-0.3, -0.25) is 0 Å². The Kier molecular flexibility index (Phi) is 4.97. The van der Waals surface area contributed by atoms with Crippen molar-refractivity contribution in [2.75, 3.05) is 6.61 Å². The minimum absolute atomic E-state index is 0.255. The summed E-state index contributed by atoms with van der Waals surface area (Å²) in [5.74, 6) is 5.18. The highest BCUT2D eigenvalue weighted by molar-refractivity contribution is 5.40. The first-order valence-corrected chi connectivity index (χ1v) is 6.68. The molecule has 108 valence electrons. The van der Waals surface area contributed by atoms with Crippen LogP contribution in [0.3, 0.4) is 0 Å². The van der Waals surface area contributed by atoms with Crippen LogP contribution < -0.4 is 4.74 Å². The Labute approximate surface area is 124 Å². The van der Waals surface area contributed by atoms with E-state index in [4.69, 9.17) is 9.84 Å². The summed E-state index contributed by atoms with van der Waals surface area (Å²) in [6.07, 6.45) is 0. The van der Waals surface area contributed by atoms with E-state index in [9.17, 15) is 4.39 Å². The van der Waals surface area contributed by atoms with Crippen molar-refractivity contribution in [1.82, 2.24) is 0 Å². The van der Waals surface area contributed by atoms with Gasteiger partial charge in [0.25, 0.3) is 0 Å². The van der Waals surface area contributed by atoms with Crippen molar-refractivity contribution in [2.24, 2.45) is 0 Å². The molecule has 2 aromatic rings. The Hall–Kier alpha value is -2.31. The molecule has 1 N–H and O–H groups in total. The number of hydrogen-bond donors (Lipinski definition) is 1. The molecule has 0 fully saturated rings. The number of aliphatic hydroxyl groups is 1. The molecule has 2 aromatic carbocycles. The zero-order valence-corrected chi connectivity index (χ0v) is 12.1. The van der Waals surface area contributed by atoms with Gasteiger partial charge in [0.15, 0.2) is 0 Å². The molecule has 0 radical (unpaired) electrons. The van der Waals surface area contributed by atoms with Gasteiger partial charge < -0.3 is 9.84 Å². The van der Waals surface area contributed by atoms with Crippen LogP contribution in [0.1, 0.15) is 22.3 Å². The van der Waals surface area contributed by atoms with Gasteiger partial charge in [-0.05, 0) is 42.7 Å². The molecule has 0 bridgehead atoms. The average molecular weight is 284 g/mol. The molecule has 0 unspecified atom stereocenters. The maximum atomic E-state index is 13.5. The maximum absolute atomic E-state index is 13.5. The molecule has 0 aromatic heterocycles. The highest BCUT2D eigenvalue weighted by Crippen LogP contribution is 2.18. The number of hydrogen-bond acceptors (Lipinski definition) is 2. The fourth-order valence-corrected chi connectivity index (χ4v) is 1.92. The molecule has 0 saturated heterocycles. The Bertz CT molecular complexity index is 696. The lowest BCUT2D eigenvalue weighted by Gasteiger charge is -2.09. The van der Waals surface area contributed by atoms with Gasteiger partial charge in [-0.15, -0.1) is 0 Å². The topological polar surface area (TPSA) is 29.5 Å².